The summed E-state index contributed by atoms with van der Waals surface area (Å²) in [4.78, 5) is 29.4. The Kier molecular flexibility index (Phi) is 6.06. The number of ether oxygens (including phenoxy) is 1. The SMILES string of the molecule is O=C(COc1ccc(F)cc1)Nc1nc(-c2ccc(-c3ccc(C(=O)O)cc3)s2)cs1. The Morgan fingerprint density at radius 3 is 2.42 bits per heavy atom. The van der Waals surface area contributed by atoms with E-state index in [0.717, 1.165) is 21.0 Å². The van der Waals surface area contributed by atoms with Crippen LogP contribution in [0.1, 0.15) is 10.4 Å². The summed E-state index contributed by atoms with van der Waals surface area (Å²) in [5.41, 5.74) is 1.89. The molecule has 2 aromatic heterocycles. The predicted octanol–water partition coefficient (Wildman–Crippen LogP) is 5.39. The van der Waals surface area contributed by atoms with Gasteiger partial charge in [0.15, 0.2) is 11.7 Å². The molecule has 4 rings (SSSR count). The van der Waals surface area contributed by atoms with E-state index in [1.54, 1.807) is 24.3 Å². The first-order valence-corrected chi connectivity index (χ1v) is 10.8. The summed E-state index contributed by atoms with van der Waals surface area (Å²) in [7, 11) is 0. The summed E-state index contributed by atoms with van der Waals surface area (Å²) in [6, 6.07) is 16.0. The predicted molar refractivity (Wildman–Crippen MR) is 118 cm³/mol. The first-order chi connectivity index (χ1) is 15.0. The zero-order valence-corrected chi connectivity index (χ0v) is 17.5. The number of halogens is 1. The third-order valence-corrected chi connectivity index (χ3v) is 6.12. The molecule has 0 spiro atoms. The van der Waals surface area contributed by atoms with E-state index < -0.39 is 5.97 Å². The molecule has 6 nitrogen and oxygen atoms in total. The van der Waals surface area contributed by atoms with E-state index in [9.17, 15) is 14.0 Å². The lowest BCUT2D eigenvalue weighted by Crippen LogP contribution is -2.20. The molecule has 0 saturated carbocycles. The fourth-order valence-electron chi connectivity index (χ4n) is 2.69. The van der Waals surface area contributed by atoms with Crippen LogP contribution >= 0.6 is 22.7 Å². The fourth-order valence-corrected chi connectivity index (χ4v) is 4.46. The molecule has 9 heteroatoms. The highest BCUT2D eigenvalue weighted by molar-refractivity contribution is 7.19. The summed E-state index contributed by atoms with van der Waals surface area (Å²) in [5, 5.41) is 14.0. The van der Waals surface area contributed by atoms with Gasteiger partial charge in [-0.05, 0) is 54.1 Å². The maximum absolute atomic E-state index is 12.9. The van der Waals surface area contributed by atoms with Gasteiger partial charge in [0, 0.05) is 10.3 Å². The maximum Gasteiger partial charge on any atom is 0.335 e. The molecule has 0 aliphatic rings. The monoisotopic (exact) mass is 454 g/mol. The van der Waals surface area contributed by atoms with Gasteiger partial charge >= 0.3 is 5.97 Å². The number of amides is 1. The van der Waals surface area contributed by atoms with E-state index in [1.165, 1.54) is 46.9 Å². The van der Waals surface area contributed by atoms with Crippen LogP contribution in [0.4, 0.5) is 9.52 Å². The lowest BCUT2D eigenvalue weighted by Gasteiger charge is -2.05. The van der Waals surface area contributed by atoms with Crippen LogP contribution in [0, 0.1) is 5.82 Å². The molecule has 2 aromatic carbocycles. The number of thiazole rings is 1. The summed E-state index contributed by atoms with van der Waals surface area (Å²) < 4.78 is 18.2. The van der Waals surface area contributed by atoms with Gasteiger partial charge in [-0.1, -0.05) is 12.1 Å². The van der Waals surface area contributed by atoms with E-state index in [2.05, 4.69) is 10.3 Å². The van der Waals surface area contributed by atoms with Crippen molar-refractivity contribution in [3.8, 4) is 26.8 Å². The summed E-state index contributed by atoms with van der Waals surface area (Å²) in [6.45, 7) is -0.212. The summed E-state index contributed by atoms with van der Waals surface area (Å²) in [5.74, 6) is -1.30. The molecule has 1 amide bonds. The van der Waals surface area contributed by atoms with Gasteiger partial charge in [-0.3, -0.25) is 10.1 Å². The Bertz CT molecular complexity index is 1220. The smallest absolute Gasteiger partial charge is 0.335 e. The molecule has 0 fully saturated rings. The first-order valence-electron chi connectivity index (χ1n) is 9.05. The van der Waals surface area contributed by atoms with Crippen molar-refractivity contribution in [3.05, 3.63) is 77.4 Å². The minimum absolute atomic E-state index is 0.212. The maximum atomic E-state index is 12.9. The second-order valence-electron chi connectivity index (χ2n) is 6.38. The van der Waals surface area contributed by atoms with Crippen LogP contribution < -0.4 is 10.1 Å². The summed E-state index contributed by atoms with van der Waals surface area (Å²) in [6.07, 6.45) is 0. The number of carboxylic acids is 1. The standard InChI is InChI=1S/C22H15FN2O4S2/c23-15-5-7-16(8-6-15)29-11-20(26)25-22-24-17(12-30-22)19-10-9-18(31-19)13-1-3-14(4-2-13)21(27)28/h1-10,12H,11H2,(H,27,28)(H,24,25,26). The number of carbonyl (C=O) groups excluding carboxylic acids is 1. The number of carboxylic acid groups (broad SMARTS) is 1. The highest BCUT2D eigenvalue weighted by atomic mass is 32.1. The number of carbonyl (C=O) groups is 2. The number of hydrogen-bond acceptors (Lipinski definition) is 6. The van der Waals surface area contributed by atoms with Gasteiger partial charge in [-0.25, -0.2) is 14.2 Å². The third kappa shape index (κ3) is 5.14. The molecule has 2 heterocycles. The highest BCUT2D eigenvalue weighted by Gasteiger charge is 2.12. The third-order valence-electron chi connectivity index (χ3n) is 4.21. The van der Waals surface area contributed by atoms with Crippen LogP contribution in [0.15, 0.2) is 66.0 Å². The number of nitrogens with one attached hydrogen (secondary N) is 1. The van der Waals surface area contributed by atoms with E-state index >= 15 is 0 Å². The van der Waals surface area contributed by atoms with Gasteiger partial charge in [0.25, 0.3) is 5.91 Å². The number of aromatic carboxylic acids is 1. The molecule has 2 N–H and O–H groups in total. The number of hydrogen-bond donors (Lipinski definition) is 2. The van der Waals surface area contributed by atoms with Crippen LogP contribution in [0.2, 0.25) is 0 Å². The number of benzene rings is 2. The van der Waals surface area contributed by atoms with Gasteiger partial charge in [-0.2, -0.15) is 0 Å². The number of anilines is 1. The van der Waals surface area contributed by atoms with Crippen molar-refractivity contribution in [3.63, 3.8) is 0 Å². The Morgan fingerprint density at radius 1 is 1.00 bits per heavy atom. The largest absolute Gasteiger partial charge is 0.484 e. The number of thiophene rings is 1. The van der Waals surface area contributed by atoms with E-state index in [1.807, 2.05) is 17.5 Å². The fraction of sp³-hybridized carbons (Fsp3) is 0.0455. The Labute approximate surface area is 184 Å². The lowest BCUT2D eigenvalue weighted by molar-refractivity contribution is -0.118. The molecular formula is C22H15FN2O4S2. The van der Waals surface area contributed by atoms with Crippen LogP contribution in [-0.2, 0) is 4.79 Å². The first kappa shape index (κ1) is 20.7. The zero-order chi connectivity index (χ0) is 21.8. The average Bonchev–Trinajstić information content (AvgIpc) is 3.43. The Balaban J connectivity index is 1.38. The second-order valence-corrected chi connectivity index (χ2v) is 8.32. The van der Waals surface area contributed by atoms with Crippen molar-refractivity contribution in [1.29, 1.82) is 0 Å². The van der Waals surface area contributed by atoms with Crippen LogP contribution in [-0.4, -0.2) is 28.6 Å². The minimum Gasteiger partial charge on any atom is -0.484 e. The molecule has 0 radical (unpaired) electrons. The molecule has 0 atom stereocenters. The van der Waals surface area contributed by atoms with Crippen LogP contribution in [0.3, 0.4) is 0 Å². The van der Waals surface area contributed by atoms with Gasteiger partial charge in [0.2, 0.25) is 0 Å². The molecular weight excluding hydrogens is 439 g/mol. The van der Waals surface area contributed by atoms with Crippen molar-refractivity contribution in [2.75, 3.05) is 11.9 Å². The van der Waals surface area contributed by atoms with E-state index in [4.69, 9.17) is 9.84 Å². The molecule has 0 bridgehead atoms. The van der Waals surface area contributed by atoms with Gasteiger partial charge in [-0.15, -0.1) is 22.7 Å². The molecule has 0 unspecified atom stereocenters. The van der Waals surface area contributed by atoms with Crippen molar-refractivity contribution in [2.24, 2.45) is 0 Å². The van der Waals surface area contributed by atoms with Crippen LogP contribution in [0.25, 0.3) is 21.0 Å². The normalized spacial score (nSPS) is 10.6. The molecule has 0 aliphatic heterocycles. The number of nitrogens with zero attached hydrogens (tertiary/aromatic N) is 1. The van der Waals surface area contributed by atoms with Crippen molar-refractivity contribution in [2.45, 2.75) is 0 Å². The molecule has 156 valence electrons. The van der Waals surface area contributed by atoms with Crippen molar-refractivity contribution in [1.82, 2.24) is 4.98 Å². The van der Waals surface area contributed by atoms with Gasteiger partial charge in [0.1, 0.15) is 11.6 Å². The Morgan fingerprint density at radius 2 is 1.71 bits per heavy atom. The zero-order valence-electron chi connectivity index (χ0n) is 15.9. The van der Waals surface area contributed by atoms with Crippen LogP contribution in [0.5, 0.6) is 5.75 Å². The second kappa shape index (κ2) is 9.07. The minimum atomic E-state index is -0.960. The molecule has 31 heavy (non-hydrogen) atoms. The Hall–Kier alpha value is -3.56. The molecule has 0 saturated heterocycles. The summed E-state index contributed by atoms with van der Waals surface area (Å²) >= 11 is 2.82. The quantitative estimate of drug-likeness (QED) is 0.391. The number of aromatic nitrogens is 1. The topological polar surface area (TPSA) is 88.5 Å². The van der Waals surface area contributed by atoms with Crippen molar-refractivity contribution < 1.29 is 23.8 Å². The highest BCUT2D eigenvalue weighted by Crippen LogP contribution is 2.35. The number of rotatable bonds is 7. The molecule has 4 aromatic rings. The van der Waals surface area contributed by atoms with Gasteiger partial charge in [0.05, 0.1) is 16.1 Å². The molecule has 0 aliphatic carbocycles. The van der Waals surface area contributed by atoms with E-state index in [0.29, 0.717) is 10.9 Å². The average molecular weight is 455 g/mol. The van der Waals surface area contributed by atoms with E-state index in [-0.39, 0.29) is 23.9 Å². The van der Waals surface area contributed by atoms with Gasteiger partial charge < -0.3 is 9.84 Å². The van der Waals surface area contributed by atoms with Crippen molar-refractivity contribution >= 4 is 39.7 Å². The lowest BCUT2D eigenvalue weighted by atomic mass is 10.1.